The van der Waals surface area contributed by atoms with E-state index in [4.69, 9.17) is 32.3 Å². The number of aliphatic hydroxyl groups excluding tert-OH is 2. The molecular formula is C93H150O16P2. The van der Waals surface area contributed by atoms with Gasteiger partial charge in [-0.05, 0) is 167 Å². The standard InChI is InChI=1S/C93H150O16P2/c1-4-7-10-13-16-19-22-25-28-31-34-36-38-40-42-43-45-47-48-50-53-55-58-61-64-67-70-73-76-79-91(96)103-82-88(94)83-105-110(99,100)106-84-89(95)85-107-111(101,102)108-87-90(109-93(98)81-78-75-72-69-66-63-60-57-52-33-30-27-24-21-18-15-12-9-6-3)86-104-92(97)80-77-74-71-68-65-62-59-56-54-51-49-46-44-41-39-37-35-32-29-26-23-20-17-14-11-8-5-2/h7-12,16-21,25-30,34-37,40-42,44-45,47,49,51-52,57,63,66,88-90,94-95H,4-6,13-15,22-24,31-33,38-39,43,46,48,50,53-56,58-62,64-65,67-87H2,1-3H3,(H,99,100)(H,101,102)/b10-7-,11-8-,12-9-,19-16-,20-17-,21-18-,28-25-,29-26-,30-27-,36-34-,37-35-,42-40-,44-41-,47-45-,51-49-,57-52-,66-63-. The molecule has 0 aliphatic carbocycles. The summed E-state index contributed by atoms with van der Waals surface area (Å²) in [7, 11) is -9.83. The molecule has 5 atom stereocenters. The minimum atomic E-state index is -4.96. The summed E-state index contributed by atoms with van der Waals surface area (Å²) in [5.41, 5.74) is 0. The van der Waals surface area contributed by atoms with E-state index >= 15 is 0 Å². The molecule has 0 heterocycles. The summed E-state index contributed by atoms with van der Waals surface area (Å²) < 4.78 is 61.3. The van der Waals surface area contributed by atoms with Crippen LogP contribution in [0.5, 0.6) is 0 Å². The summed E-state index contributed by atoms with van der Waals surface area (Å²) in [5, 5.41) is 20.7. The van der Waals surface area contributed by atoms with Gasteiger partial charge in [0.15, 0.2) is 6.10 Å². The van der Waals surface area contributed by atoms with Crippen LogP contribution in [0.2, 0.25) is 0 Å². The molecule has 0 saturated heterocycles. The molecule has 0 aliphatic rings. The molecule has 628 valence electrons. The van der Waals surface area contributed by atoms with Gasteiger partial charge in [-0.15, -0.1) is 0 Å². The second-order valence-corrected chi connectivity index (χ2v) is 30.4. The molecule has 0 aliphatic heterocycles. The summed E-state index contributed by atoms with van der Waals surface area (Å²) in [6.45, 7) is 2.27. The Morgan fingerprint density at radius 1 is 0.252 bits per heavy atom. The quantitative estimate of drug-likeness (QED) is 0.0146. The lowest BCUT2D eigenvalue weighted by molar-refractivity contribution is -0.161. The van der Waals surface area contributed by atoms with Gasteiger partial charge in [-0.2, -0.15) is 0 Å². The van der Waals surface area contributed by atoms with Crippen molar-refractivity contribution in [3.8, 4) is 0 Å². The second-order valence-electron chi connectivity index (χ2n) is 27.5. The SMILES string of the molecule is CC/C=C\C/C=C\C/C=C\C/C=C\C/C=C\C/C=C\CCCCCCCCCCCCC(=O)OCC(O)COP(=O)(O)OCC(O)COP(=O)(O)OCC(COC(=O)CCCCCCCCCC/C=C\C/C=C\C/C=C\C/C=C\C/C=C\C/C=C\CC)OC(=O)CCCCC/C=C\C/C=C\C/C=C\C/C=C\C/C=C\CC. The van der Waals surface area contributed by atoms with E-state index in [9.17, 15) is 43.5 Å². The Morgan fingerprint density at radius 3 is 0.721 bits per heavy atom. The van der Waals surface area contributed by atoms with Crippen LogP contribution in [-0.4, -0.2) is 95.9 Å². The number of carbonyl (C=O) groups excluding carboxylic acids is 3. The Bertz CT molecular complexity index is 2850. The fourth-order valence-electron chi connectivity index (χ4n) is 10.7. The van der Waals surface area contributed by atoms with Gasteiger partial charge in [0.25, 0.3) is 0 Å². The third-order valence-corrected chi connectivity index (χ3v) is 18.9. The lowest BCUT2D eigenvalue weighted by atomic mass is 10.1. The molecule has 0 rings (SSSR count). The van der Waals surface area contributed by atoms with E-state index in [1.54, 1.807) is 0 Å². The van der Waals surface area contributed by atoms with Crippen molar-refractivity contribution in [2.75, 3.05) is 39.6 Å². The minimum absolute atomic E-state index is 0.0553. The monoisotopic (exact) mass is 1590 g/mol. The minimum Gasteiger partial charge on any atom is -0.463 e. The van der Waals surface area contributed by atoms with Crippen molar-refractivity contribution in [1.82, 2.24) is 0 Å². The molecular weight excluding hydrogens is 1430 g/mol. The zero-order chi connectivity index (χ0) is 80.8. The fraction of sp³-hybridized carbons (Fsp3) is 0.602. The van der Waals surface area contributed by atoms with Gasteiger partial charge >= 0.3 is 33.6 Å². The van der Waals surface area contributed by atoms with Gasteiger partial charge in [-0.3, -0.25) is 32.5 Å². The molecule has 4 N–H and O–H groups in total. The topological polar surface area (TPSA) is 231 Å². The molecule has 0 bridgehead atoms. The van der Waals surface area contributed by atoms with Crippen LogP contribution in [0.1, 0.15) is 303 Å². The van der Waals surface area contributed by atoms with Crippen LogP contribution in [-0.2, 0) is 55.8 Å². The van der Waals surface area contributed by atoms with Gasteiger partial charge in [0, 0.05) is 19.3 Å². The van der Waals surface area contributed by atoms with Crippen LogP contribution in [0, 0.1) is 0 Å². The maximum absolute atomic E-state index is 13.0. The highest BCUT2D eigenvalue weighted by Gasteiger charge is 2.29. The molecule has 5 unspecified atom stereocenters. The van der Waals surface area contributed by atoms with Crippen molar-refractivity contribution in [3.05, 3.63) is 207 Å². The van der Waals surface area contributed by atoms with Gasteiger partial charge in [-0.1, -0.05) is 324 Å². The number of hydrogen-bond donors (Lipinski definition) is 4. The molecule has 0 aromatic carbocycles. The van der Waals surface area contributed by atoms with E-state index in [0.717, 1.165) is 205 Å². The van der Waals surface area contributed by atoms with E-state index in [1.807, 2.05) is 0 Å². The average molecular weight is 1590 g/mol. The molecule has 0 saturated carbocycles. The molecule has 111 heavy (non-hydrogen) atoms. The zero-order valence-corrected chi connectivity index (χ0v) is 70.6. The number of allylic oxidation sites excluding steroid dienone is 34. The molecule has 0 amide bonds. The number of rotatable bonds is 78. The maximum atomic E-state index is 13.0. The van der Waals surface area contributed by atoms with E-state index in [2.05, 4.69) is 227 Å². The van der Waals surface area contributed by atoms with E-state index in [1.165, 1.54) is 38.5 Å². The predicted octanol–water partition coefficient (Wildman–Crippen LogP) is 25.7. The third kappa shape index (κ3) is 84.9. The normalized spacial score (nSPS) is 14.9. The summed E-state index contributed by atoms with van der Waals surface area (Å²) in [5.74, 6) is -1.64. The molecule has 0 fully saturated rings. The Hall–Kier alpha value is -5.87. The maximum Gasteiger partial charge on any atom is 0.472 e. The first-order chi connectivity index (χ1) is 54.2. The van der Waals surface area contributed by atoms with Crippen molar-refractivity contribution in [3.63, 3.8) is 0 Å². The van der Waals surface area contributed by atoms with Gasteiger partial charge in [0.05, 0.1) is 26.4 Å². The van der Waals surface area contributed by atoms with Crippen LogP contribution >= 0.6 is 15.6 Å². The lowest BCUT2D eigenvalue weighted by Crippen LogP contribution is -2.30. The number of unbranched alkanes of at least 4 members (excludes halogenated alkanes) is 21. The second kappa shape index (κ2) is 83.6. The highest BCUT2D eigenvalue weighted by Crippen LogP contribution is 2.45. The number of aliphatic hydroxyl groups is 2. The number of phosphoric ester groups is 2. The molecule has 18 heteroatoms. The molecule has 16 nitrogen and oxygen atoms in total. The molecule has 0 aromatic rings. The number of ether oxygens (including phenoxy) is 3. The smallest absolute Gasteiger partial charge is 0.463 e. The van der Waals surface area contributed by atoms with Crippen LogP contribution in [0.15, 0.2) is 207 Å². The van der Waals surface area contributed by atoms with Gasteiger partial charge in [0.2, 0.25) is 0 Å². The summed E-state index contributed by atoms with van der Waals surface area (Å²) in [6.07, 6.45) is 111. The zero-order valence-electron chi connectivity index (χ0n) is 68.8. The first-order valence-electron chi connectivity index (χ1n) is 42.4. The van der Waals surface area contributed by atoms with Crippen LogP contribution in [0.3, 0.4) is 0 Å². The molecule has 0 aromatic heterocycles. The lowest BCUT2D eigenvalue weighted by Gasteiger charge is -2.21. The Morgan fingerprint density at radius 2 is 0.450 bits per heavy atom. The van der Waals surface area contributed by atoms with Crippen molar-refractivity contribution < 1.29 is 75.8 Å². The van der Waals surface area contributed by atoms with Gasteiger partial charge in [0.1, 0.15) is 25.4 Å². The largest absolute Gasteiger partial charge is 0.472 e. The van der Waals surface area contributed by atoms with Crippen molar-refractivity contribution >= 4 is 33.6 Å². The summed E-state index contributed by atoms with van der Waals surface area (Å²) in [6, 6.07) is 0. The van der Waals surface area contributed by atoms with Crippen LogP contribution in [0.25, 0.3) is 0 Å². The van der Waals surface area contributed by atoms with Gasteiger partial charge in [-0.25, -0.2) is 9.13 Å². The van der Waals surface area contributed by atoms with Crippen molar-refractivity contribution in [1.29, 1.82) is 0 Å². The fourth-order valence-corrected chi connectivity index (χ4v) is 12.2. The highest BCUT2D eigenvalue weighted by molar-refractivity contribution is 7.47. The number of esters is 3. The first-order valence-corrected chi connectivity index (χ1v) is 45.4. The number of carbonyl (C=O) groups is 3. The van der Waals surface area contributed by atoms with Crippen LogP contribution < -0.4 is 0 Å². The molecule has 0 spiro atoms. The van der Waals surface area contributed by atoms with Gasteiger partial charge < -0.3 is 34.2 Å². The number of hydrogen-bond acceptors (Lipinski definition) is 14. The Labute approximate surface area is 673 Å². The highest BCUT2D eigenvalue weighted by atomic mass is 31.2. The van der Waals surface area contributed by atoms with Crippen LogP contribution in [0.4, 0.5) is 0 Å². The average Bonchev–Trinajstić information content (AvgIpc) is 0.900. The first kappa shape index (κ1) is 105. The molecule has 0 radical (unpaired) electrons. The number of phosphoric acid groups is 2. The predicted molar refractivity (Wildman–Crippen MR) is 463 cm³/mol. The Balaban J connectivity index is 4.67. The van der Waals surface area contributed by atoms with E-state index in [0.29, 0.717) is 19.3 Å². The summed E-state index contributed by atoms with van der Waals surface area (Å²) in [4.78, 5) is 58.8. The van der Waals surface area contributed by atoms with E-state index in [-0.39, 0.29) is 19.3 Å². The van der Waals surface area contributed by atoms with Crippen molar-refractivity contribution in [2.45, 2.75) is 322 Å². The van der Waals surface area contributed by atoms with Crippen molar-refractivity contribution in [2.24, 2.45) is 0 Å². The third-order valence-electron chi connectivity index (χ3n) is 17.0. The van der Waals surface area contributed by atoms with E-state index < -0.39 is 91.5 Å². The summed E-state index contributed by atoms with van der Waals surface area (Å²) >= 11 is 0. The Kier molecular flexibility index (Phi) is 79.1.